The van der Waals surface area contributed by atoms with Crippen LogP contribution in [0.1, 0.15) is 97.4 Å². The maximum Gasteiger partial charge on any atom is 0.407 e. The lowest BCUT2D eigenvalue weighted by Crippen LogP contribution is -2.48. The first-order valence-corrected chi connectivity index (χ1v) is 11.7. The molecular weight excluding hydrogens is 394 g/mol. The first-order chi connectivity index (χ1) is 14.7. The molecule has 0 aromatic carbocycles. The van der Waals surface area contributed by atoms with Crippen LogP contribution in [0.2, 0.25) is 0 Å². The molecule has 0 radical (unpaired) electrons. The van der Waals surface area contributed by atoms with E-state index in [1.54, 1.807) is 0 Å². The van der Waals surface area contributed by atoms with Crippen molar-refractivity contribution < 1.29 is 14.1 Å². The van der Waals surface area contributed by atoms with Gasteiger partial charge in [-0.25, -0.2) is 9.79 Å². The van der Waals surface area contributed by atoms with Crippen LogP contribution in [0.25, 0.3) is 0 Å². The lowest BCUT2D eigenvalue weighted by molar-refractivity contribution is 0.0490. The van der Waals surface area contributed by atoms with Gasteiger partial charge in [-0.1, -0.05) is 19.0 Å². The molecule has 1 fully saturated rings. The number of guanidine groups is 1. The molecule has 3 N–H and O–H groups in total. The van der Waals surface area contributed by atoms with Gasteiger partial charge in [0.05, 0.1) is 5.69 Å². The Morgan fingerprint density at radius 3 is 2.32 bits per heavy atom. The second-order valence-electron chi connectivity index (χ2n) is 9.27. The zero-order chi connectivity index (χ0) is 22.9. The molecule has 0 saturated heterocycles. The van der Waals surface area contributed by atoms with Gasteiger partial charge < -0.3 is 25.2 Å². The van der Waals surface area contributed by atoms with E-state index in [2.05, 4.69) is 46.9 Å². The third-order valence-electron chi connectivity index (χ3n) is 5.51. The molecule has 0 aliphatic heterocycles. The fraction of sp³-hybridized carbons (Fsp3) is 0.783. The van der Waals surface area contributed by atoms with Crippen LogP contribution < -0.4 is 16.0 Å². The van der Waals surface area contributed by atoms with Crippen molar-refractivity contribution in [3.63, 3.8) is 0 Å². The van der Waals surface area contributed by atoms with Crippen molar-refractivity contribution in [2.24, 2.45) is 4.99 Å². The smallest absolute Gasteiger partial charge is 0.407 e. The van der Waals surface area contributed by atoms with E-state index in [0.717, 1.165) is 62.5 Å². The minimum atomic E-state index is -0.474. The minimum absolute atomic E-state index is 0.158. The fourth-order valence-corrected chi connectivity index (χ4v) is 3.83. The molecule has 1 heterocycles. The van der Waals surface area contributed by atoms with Gasteiger partial charge in [-0.15, -0.1) is 0 Å². The first kappa shape index (κ1) is 25.0. The molecule has 1 aliphatic carbocycles. The van der Waals surface area contributed by atoms with Gasteiger partial charge in [0.25, 0.3) is 0 Å². The van der Waals surface area contributed by atoms with E-state index in [-0.39, 0.29) is 12.1 Å². The molecule has 8 heteroatoms. The highest BCUT2D eigenvalue weighted by atomic mass is 16.6. The third-order valence-corrected chi connectivity index (χ3v) is 5.51. The summed E-state index contributed by atoms with van der Waals surface area (Å²) < 4.78 is 10.8. The summed E-state index contributed by atoms with van der Waals surface area (Å²) >= 11 is 0. The van der Waals surface area contributed by atoms with E-state index < -0.39 is 5.60 Å². The number of aromatic nitrogens is 1. The summed E-state index contributed by atoms with van der Waals surface area (Å²) in [5.74, 6) is 2.01. The standard InChI is InChI=1S/C23H41N5O3/c1-7-16(8-2)20-14-19(31-28-20)15-25-21(24-9-3)26-17-10-12-18(13-11-17)27-22(29)30-23(4,5)6/h14,16-18H,7-13,15H2,1-6H3,(H,27,29)(H2,24,25,26). The minimum Gasteiger partial charge on any atom is -0.444 e. The highest BCUT2D eigenvalue weighted by molar-refractivity contribution is 5.80. The van der Waals surface area contributed by atoms with Crippen LogP contribution in [0.3, 0.4) is 0 Å². The number of amides is 1. The molecule has 176 valence electrons. The molecule has 1 amide bonds. The molecule has 0 unspecified atom stereocenters. The van der Waals surface area contributed by atoms with E-state index in [1.165, 1.54) is 0 Å². The maximum absolute atomic E-state index is 12.0. The monoisotopic (exact) mass is 435 g/mol. The zero-order valence-corrected chi connectivity index (χ0v) is 20.1. The number of nitrogens with one attached hydrogen (secondary N) is 3. The van der Waals surface area contributed by atoms with E-state index in [4.69, 9.17) is 9.26 Å². The van der Waals surface area contributed by atoms with Crippen LogP contribution in [0.5, 0.6) is 0 Å². The van der Waals surface area contributed by atoms with Crippen molar-refractivity contribution in [3.8, 4) is 0 Å². The van der Waals surface area contributed by atoms with Crippen LogP contribution in [-0.2, 0) is 11.3 Å². The Hall–Kier alpha value is -2.25. The lowest BCUT2D eigenvalue weighted by atomic mass is 9.91. The first-order valence-electron chi connectivity index (χ1n) is 11.7. The number of nitrogens with zero attached hydrogens (tertiary/aromatic N) is 2. The predicted octanol–water partition coefficient (Wildman–Crippen LogP) is 4.47. The Bertz CT molecular complexity index is 698. The normalized spacial score (nSPS) is 19.9. The summed E-state index contributed by atoms with van der Waals surface area (Å²) in [5, 5.41) is 14.0. The van der Waals surface area contributed by atoms with Gasteiger partial charge in [0.2, 0.25) is 0 Å². The summed E-state index contributed by atoms with van der Waals surface area (Å²) in [6.45, 7) is 13.3. The molecule has 31 heavy (non-hydrogen) atoms. The number of rotatable bonds is 8. The summed E-state index contributed by atoms with van der Waals surface area (Å²) in [5.41, 5.74) is 0.544. The van der Waals surface area contributed by atoms with E-state index in [1.807, 2.05) is 26.8 Å². The van der Waals surface area contributed by atoms with Gasteiger partial charge >= 0.3 is 6.09 Å². The number of alkyl carbamates (subject to hydrolysis) is 1. The van der Waals surface area contributed by atoms with Gasteiger partial charge in [0, 0.05) is 30.6 Å². The molecule has 0 spiro atoms. The average Bonchev–Trinajstić information content (AvgIpc) is 3.16. The molecule has 1 aromatic heterocycles. The molecule has 0 atom stereocenters. The average molecular weight is 436 g/mol. The summed E-state index contributed by atoms with van der Waals surface area (Å²) in [7, 11) is 0. The Labute approximate surface area is 187 Å². The van der Waals surface area contributed by atoms with Crippen LogP contribution in [0, 0.1) is 0 Å². The quantitative estimate of drug-likeness (QED) is 0.411. The molecular formula is C23H41N5O3. The number of carbonyl (C=O) groups excluding carboxylic acids is 1. The van der Waals surface area contributed by atoms with Crippen LogP contribution in [-0.4, -0.2) is 41.4 Å². The number of hydrogen-bond donors (Lipinski definition) is 3. The number of ether oxygens (including phenoxy) is 1. The zero-order valence-electron chi connectivity index (χ0n) is 20.1. The fourth-order valence-electron chi connectivity index (χ4n) is 3.83. The SMILES string of the molecule is CCNC(=NCc1cc(C(CC)CC)no1)NC1CCC(NC(=O)OC(C)(C)C)CC1. The topological polar surface area (TPSA) is 101 Å². The summed E-state index contributed by atoms with van der Waals surface area (Å²) in [6, 6.07) is 2.51. The highest BCUT2D eigenvalue weighted by Gasteiger charge is 2.25. The molecule has 1 saturated carbocycles. The van der Waals surface area contributed by atoms with Crippen LogP contribution in [0.15, 0.2) is 15.6 Å². The van der Waals surface area contributed by atoms with Gasteiger partial charge in [0.1, 0.15) is 12.1 Å². The second kappa shape index (κ2) is 12.0. The Morgan fingerprint density at radius 1 is 1.16 bits per heavy atom. The van der Waals surface area contributed by atoms with Crippen molar-refractivity contribution in [3.05, 3.63) is 17.5 Å². The van der Waals surface area contributed by atoms with Crippen molar-refractivity contribution in [2.75, 3.05) is 6.54 Å². The van der Waals surface area contributed by atoms with Gasteiger partial charge in [-0.2, -0.15) is 0 Å². The number of hydrogen-bond acceptors (Lipinski definition) is 5. The Morgan fingerprint density at radius 2 is 1.77 bits per heavy atom. The number of carbonyl (C=O) groups is 1. The number of aliphatic imine (C=N–C) groups is 1. The highest BCUT2D eigenvalue weighted by Crippen LogP contribution is 2.23. The molecule has 1 aliphatic rings. The lowest BCUT2D eigenvalue weighted by Gasteiger charge is -2.31. The summed E-state index contributed by atoms with van der Waals surface area (Å²) in [4.78, 5) is 16.7. The van der Waals surface area contributed by atoms with E-state index in [9.17, 15) is 4.79 Å². The van der Waals surface area contributed by atoms with E-state index >= 15 is 0 Å². The van der Waals surface area contributed by atoms with Gasteiger partial charge in [0.15, 0.2) is 11.7 Å². The van der Waals surface area contributed by atoms with Crippen molar-refractivity contribution in [2.45, 2.75) is 110 Å². The summed E-state index contributed by atoms with van der Waals surface area (Å²) in [6.07, 6.45) is 5.54. The van der Waals surface area contributed by atoms with Gasteiger partial charge in [-0.05, 0) is 66.2 Å². The molecule has 2 rings (SSSR count). The van der Waals surface area contributed by atoms with E-state index in [0.29, 0.717) is 18.5 Å². The Balaban J connectivity index is 1.83. The molecule has 1 aromatic rings. The van der Waals surface area contributed by atoms with Crippen molar-refractivity contribution in [1.29, 1.82) is 0 Å². The third kappa shape index (κ3) is 8.79. The van der Waals surface area contributed by atoms with Crippen molar-refractivity contribution >= 4 is 12.1 Å². The predicted molar refractivity (Wildman–Crippen MR) is 123 cm³/mol. The molecule has 0 bridgehead atoms. The maximum atomic E-state index is 12.0. The van der Waals surface area contributed by atoms with Crippen LogP contribution in [0.4, 0.5) is 4.79 Å². The Kier molecular flexibility index (Phi) is 9.65. The second-order valence-corrected chi connectivity index (χ2v) is 9.27. The van der Waals surface area contributed by atoms with Crippen molar-refractivity contribution in [1.82, 2.24) is 21.1 Å². The van der Waals surface area contributed by atoms with Crippen LogP contribution >= 0.6 is 0 Å². The van der Waals surface area contributed by atoms with Gasteiger partial charge in [-0.3, -0.25) is 0 Å². The molecule has 8 nitrogen and oxygen atoms in total. The largest absolute Gasteiger partial charge is 0.444 e.